The van der Waals surface area contributed by atoms with Crippen LogP contribution in [0.1, 0.15) is 42.8 Å². The van der Waals surface area contributed by atoms with Crippen LogP contribution in [0.3, 0.4) is 0 Å². The first-order valence-electron chi connectivity index (χ1n) is 6.20. The van der Waals surface area contributed by atoms with Gasteiger partial charge in [0.25, 0.3) is 0 Å². The zero-order valence-electron chi connectivity index (χ0n) is 10.2. The Bertz CT molecular complexity index is 338. The molecular weight excluding hydrogens is 236 g/mol. The summed E-state index contributed by atoms with van der Waals surface area (Å²) in [6.45, 7) is 3.86. The normalized spacial score (nSPS) is 19.4. The lowest BCUT2D eigenvalue weighted by Gasteiger charge is -2.25. The molecule has 2 rings (SSSR count). The van der Waals surface area contributed by atoms with E-state index in [2.05, 4.69) is 21.9 Å². The summed E-state index contributed by atoms with van der Waals surface area (Å²) >= 11 is 1.46. The lowest BCUT2D eigenvalue weighted by Crippen LogP contribution is -2.31. The van der Waals surface area contributed by atoms with E-state index in [-0.39, 0.29) is 6.04 Å². The van der Waals surface area contributed by atoms with Crippen molar-refractivity contribution in [3.63, 3.8) is 0 Å². The van der Waals surface area contributed by atoms with Crippen LogP contribution in [0.5, 0.6) is 0 Å². The van der Waals surface area contributed by atoms with E-state index in [9.17, 15) is 0 Å². The standard InChI is InChI=1S/C11H20N4OS/c1-2-9-11(17-15-14-9)10(13-12)7-8-3-5-16-6-4-8/h8,10,13H,2-7,12H2,1H3. The molecule has 3 N–H and O–H groups in total. The van der Waals surface area contributed by atoms with Crippen molar-refractivity contribution in [1.82, 2.24) is 15.0 Å². The molecule has 1 atom stereocenters. The number of nitrogens with two attached hydrogens (primary N) is 1. The van der Waals surface area contributed by atoms with Crippen LogP contribution >= 0.6 is 11.5 Å². The summed E-state index contributed by atoms with van der Waals surface area (Å²) < 4.78 is 9.40. The van der Waals surface area contributed by atoms with Gasteiger partial charge in [-0.15, -0.1) is 5.10 Å². The van der Waals surface area contributed by atoms with Crippen LogP contribution in [0.25, 0.3) is 0 Å². The number of aryl methyl sites for hydroxylation is 1. The second-order valence-electron chi connectivity index (χ2n) is 4.45. The fourth-order valence-electron chi connectivity index (χ4n) is 2.29. The van der Waals surface area contributed by atoms with Gasteiger partial charge in [-0.3, -0.25) is 11.3 Å². The minimum atomic E-state index is 0.188. The molecule has 1 fully saturated rings. The molecule has 0 radical (unpaired) electrons. The van der Waals surface area contributed by atoms with Crippen molar-refractivity contribution in [2.75, 3.05) is 13.2 Å². The summed E-state index contributed by atoms with van der Waals surface area (Å²) in [5.74, 6) is 6.37. The molecule has 0 bridgehead atoms. The molecule has 1 aromatic rings. The zero-order chi connectivity index (χ0) is 12.1. The fourth-order valence-corrected chi connectivity index (χ4v) is 3.10. The number of nitrogens with zero attached hydrogens (tertiary/aromatic N) is 2. The highest BCUT2D eigenvalue weighted by Gasteiger charge is 2.23. The summed E-state index contributed by atoms with van der Waals surface area (Å²) in [7, 11) is 0. The van der Waals surface area contributed by atoms with Crippen molar-refractivity contribution >= 4 is 11.5 Å². The highest BCUT2D eigenvalue weighted by atomic mass is 32.1. The van der Waals surface area contributed by atoms with E-state index in [1.165, 1.54) is 16.4 Å². The van der Waals surface area contributed by atoms with E-state index < -0.39 is 0 Å². The first-order chi connectivity index (χ1) is 8.35. The molecule has 17 heavy (non-hydrogen) atoms. The third-order valence-corrected chi connectivity index (χ3v) is 4.23. The number of hydrogen-bond donors (Lipinski definition) is 2. The van der Waals surface area contributed by atoms with Gasteiger partial charge in [-0.1, -0.05) is 11.4 Å². The summed E-state index contributed by atoms with van der Waals surface area (Å²) in [5, 5.41) is 4.14. The molecule has 1 aliphatic rings. The minimum absolute atomic E-state index is 0.188. The predicted molar refractivity (Wildman–Crippen MR) is 67.5 cm³/mol. The second-order valence-corrected chi connectivity index (χ2v) is 5.23. The molecule has 2 heterocycles. The average Bonchev–Trinajstić information content (AvgIpc) is 2.85. The maximum atomic E-state index is 5.67. The van der Waals surface area contributed by atoms with E-state index >= 15 is 0 Å². The Hall–Kier alpha value is -0.560. The highest BCUT2D eigenvalue weighted by Crippen LogP contribution is 2.30. The number of nitrogens with one attached hydrogen (secondary N) is 1. The quantitative estimate of drug-likeness (QED) is 0.616. The Morgan fingerprint density at radius 2 is 2.29 bits per heavy atom. The summed E-state index contributed by atoms with van der Waals surface area (Å²) in [6, 6.07) is 0.188. The monoisotopic (exact) mass is 256 g/mol. The molecule has 96 valence electrons. The molecular formula is C11H20N4OS. The Morgan fingerprint density at radius 3 is 2.94 bits per heavy atom. The Labute approximate surface area is 106 Å². The minimum Gasteiger partial charge on any atom is -0.381 e. The maximum absolute atomic E-state index is 5.67. The van der Waals surface area contributed by atoms with Gasteiger partial charge in [0.2, 0.25) is 0 Å². The summed E-state index contributed by atoms with van der Waals surface area (Å²) in [5.41, 5.74) is 3.99. The van der Waals surface area contributed by atoms with E-state index in [1.54, 1.807) is 0 Å². The Morgan fingerprint density at radius 1 is 1.53 bits per heavy atom. The maximum Gasteiger partial charge on any atom is 0.0801 e. The first kappa shape index (κ1) is 12.9. The van der Waals surface area contributed by atoms with Crippen LogP contribution in [0.4, 0.5) is 0 Å². The van der Waals surface area contributed by atoms with E-state index in [1.807, 2.05) is 0 Å². The molecule has 0 amide bonds. The van der Waals surface area contributed by atoms with E-state index in [4.69, 9.17) is 10.6 Å². The smallest absolute Gasteiger partial charge is 0.0801 e. The number of ether oxygens (including phenoxy) is 1. The van der Waals surface area contributed by atoms with Gasteiger partial charge >= 0.3 is 0 Å². The lowest BCUT2D eigenvalue weighted by atomic mass is 9.91. The molecule has 1 saturated heterocycles. The van der Waals surface area contributed by atoms with Gasteiger partial charge in [0, 0.05) is 13.2 Å². The van der Waals surface area contributed by atoms with Gasteiger partial charge in [0.1, 0.15) is 0 Å². The van der Waals surface area contributed by atoms with Gasteiger partial charge in [-0.25, -0.2) is 0 Å². The fraction of sp³-hybridized carbons (Fsp3) is 0.818. The predicted octanol–water partition coefficient (Wildman–Crippen LogP) is 1.42. The van der Waals surface area contributed by atoms with Crippen molar-refractivity contribution < 1.29 is 4.74 Å². The van der Waals surface area contributed by atoms with Crippen molar-refractivity contribution in [1.29, 1.82) is 0 Å². The van der Waals surface area contributed by atoms with Crippen molar-refractivity contribution in [2.24, 2.45) is 11.8 Å². The molecule has 0 spiro atoms. The molecule has 1 unspecified atom stereocenters. The van der Waals surface area contributed by atoms with Crippen LogP contribution < -0.4 is 11.3 Å². The Kier molecular flexibility index (Phi) is 4.85. The largest absolute Gasteiger partial charge is 0.381 e. The summed E-state index contributed by atoms with van der Waals surface area (Å²) in [6.07, 6.45) is 4.23. The van der Waals surface area contributed by atoms with Gasteiger partial charge in [-0.2, -0.15) is 0 Å². The van der Waals surface area contributed by atoms with Crippen molar-refractivity contribution in [2.45, 2.75) is 38.6 Å². The number of hydrogen-bond acceptors (Lipinski definition) is 6. The third kappa shape index (κ3) is 3.22. The van der Waals surface area contributed by atoms with Crippen LogP contribution in [0.2, 0.25) is 0 Å². The topological polar surface area (TPSA) is 73.1 Å². The van der Waals surface area contributed by atoms with Crippen LogP contribution in [-0.2, 0) is 11.2 Å². The van der Waals surface area contributed by atoms with E-state index in [0.29, 0.717) is 5.92 Å². The van der Waals surface area contributed by atoms with Gasteiger partial charge in [0.05, 0.1) is 16.6 Å². The number of hydrazine groups is 1. The van der Waals surface area contributed by atoms with Gasteiger partial charge in [0.15, 0.2) is 0 Å². The molecule has 5 nitrogen and oxygen atoms in total. The van der Waals surface area contributed by atoms with Crippen molar-refractivity contribution in [3.05, 3.63) is 10.6 Å². The zero-order valence-corrected chi connectivity index (χ0v) is 11.0. The van der Waals surface area contributed by atoms with Crippen LogP contribution in [-0.4, -0.2) is 22.8 Å². The van der Waals surface area contributed by atoms with Gasteiger partial charge < -0.3 is 4.74 Å². The first-order valence-corrected chi connectivity index (χ1v) is 6.97. The third-order valence-electron chi connectivity index (χ3n) is 3.35. The van der Waals surface area contributed by atoms with Crippen LogP contribution in [0, 0.1) is 5.92 Å². The number of aromatic nitrogens is 2. The molecule has 1 aromatic heterocycles. The second kappa shape index (κ2) is 6.39. The molecule has 6 heteroatoms. The lowest BCUT2D eigenvalue weighted by molar-refractivity contribution is 0.0606. The SMILES string of the molecule is CCc1nnsc1C(CC1CCOCC1)NN. The highest BCUT2D eigenvalue weighted by molar-refractivity contribution is 7.05. The van der Waals surface area contributed by atoms with Crippen molar-refractivity contribution in [3.8, 4) is 0 Å². The van der Waals surface area contributed by atoms with E-state index in [0.717, 1.165) is 44.6 Å². The molecule has 1 aliphatic heterocycles. The molecule has 0 aliphatic carbocycles. The molecule has 0 aromatic carbocycles. The average molecular weight is 256 g/mol. The Balaban J connectivity index is 2.00. The summed E-state index contributed by atoms with van der Waals surface area (Å²) in [4.78, 5) is 1.20. The van der Waals surface area contributed by atoms with Gasteiger partial charge in [-0.05, 0) is 43.1 Å². The number of rotatable bonds is 5. The van der Waals surface area contributed by atoms with Crippen LogP contribution in [0.15, 0.2) is 0 Å². The molecule has 0 saturated carbocycles.